The van der Waals surface area contributed by atoms with Crippen molar-refractivity contribution in [3.63, 3.8) is 0 Å². The summed E-state index contributed by atoms with van der Waals surface area (Å²) < 4.78 is 13.9. The molecule has 0 saturated carbocycles. The van der Waals surface area contributed by atoms with Crippen LogP contribution in [0.4, 0.5) is 10.1 Å². The van der Waals surface area contributed by atoms with Crippen molar-refractivity contribution in [3.8, 4) is 0 Å². The molecular weight excluding hydrogens is 239 g/mol. The normalized spacial score (nSPS) is 15.8. The third-order valence-corrected chi connectivity index (χ3v) is 3.74. The quantitative estimate of drug-likeness (QED) is 0.788. The lowest BCUT2D eigenvalue weighted by atomic mass is 10.1. The van der Waals surface area contributed by atoms with Gasteiger partial charge in [0.25, 0.3) is 0 Å². The average molecular weight is 264 g/mol. The van der Waals surface area contributed by atoms with Gasteiger partial charge in [-0.2, -0.15) is 0 Å². The van der Waals surface area contributed by atoms with Crippen LogP contribution in [0.5, 0.6) is 0 Å². The maximum Gasteiger partial charge on any atom is 0.146 e. The van der Waals surface area contributed by atoms with Gasteiger partial charge in [0, 0.05) is 19.6 Å². The summed E-state index contributed by atoms with van der Waals surface area (Å²) >= 11 is 0. The van der Waals surface area contributed by atoms with Crippen LogP contribution in [0.25, 0.3) is 0 Å². The van der Waals surface area contributed by atoms with Crippen LogP contribution in [0.3, 0.4) is 0 Å². The van der Waals surface area contributed by atoms with E-state index in [-0.39, 0.29) is 5.82 Å². The molecule has 1 heterocycles. The molecule has 1 N–H and O–H groups in total. The van der Waals surface area contributed by atoms with Gasteiger partial charge in [-0.15, -0.1) is 0 Å². The average Bonchev–Trinajstić information content (AvgIpc) is 2.46. The Morgan fingerprint density at radius 2 is 2.00 bits per heavy atom. The fourth-order valence-corrected chi connectivity index (χ4v) is 2.58. The molecule has 2 nitrogen and oxygen atoms in total. The summed E-state index contributed by atoms with van der Waals surface area (Å²) in [6.45, 7) is 6.04. The van der Waals surface area contributed by atoms with Gasteiger partial charge in [0.1, 0.15) is 5.82 Å². The Hall–Kier alpha value is -1.09. The third-order valence-electron chi connectivity index (χ3n) is 3.74. The van der Waals surface area contributed by atoms with Crippen molar-refractivity contribution < 1.29 is 4.39 Å². The molecule has 19 heavy (non-hydrogen) atoms. The molecule has 0 spiro atoms. The Balaban J connectivity index is 1.97. The summed E-state index contributed by atoms with van der Waals surface area (Å²) in [7, 11) is 0. The smallest absolute Gasteiger partial charge is 0.146 e. The molecule has 1 aliphatic heterocycles. The summed E-state index contributed by atoms with van der Waals surface area (Å²) in [4.78, 5) is 2.19. The van der Waals surface area contributed by atoms with Gasteiger partial charge >= 0.3 is 0 Å². The molecule has 106 valence electrons. The minimum absolute atomic E-state index is 0.0841. The van der Waals surface area contributed by atoms with E-state index in [1.807, 2.05) is 12.1 Å². The molecule has 0 bridgehead atoms. The predicted molar refractivity (Wildman–Crippen MR) is 79.1 cm³/mol. The van der Waals surface area contributed by atoms with Gasteiger partial charge in [0.15, 0.2) is 0 Å². The first-order valence-corrected chi connectivity index (χ1v) is 7.55. The number of piperidine rings is 1. The lowest BCUT2D eigenvalue weighted by Gasteiger charge is -2.29. The second kappa shape index (κ2) is 7.49. The van der Waals surface area contributed by atoms with Crippen LogP contribution in [0.1, 0.15) is 44.6 Å². The number of benzene rings is 1. The van der Waals surface area contributed by atoms with Crippen molar-refractivity contribution in [1.29, 1.82) is 0 Å². The van der Waals surface area contributed by atoms with Crippen molar-refractivity contribution >= 4 is 5.69 Å². The molecule has 0 atom stereocenters. The molecule has 0 radical (unpaired) electrons. The van der Waals surface area contributed by atoms with E-state index in [0.717, 1.165) is 31.9 Å². The van der Waals surface area contributed by atoms with Crippen molar-refractivity contribution in [2.75, 3.05) is 24.5 Å². The molecule has 0 amide bonds. The Kier molecular flexibility index (Phi) is 5.64. The summed E-state index contributed by atoms with van der Waals surface area (Å²) in [5, 5.41) is 3.41. The van der Waals surface area contributed by atoms with E-state index in [9.17, 15) is 4.39 Å². The second-order valence-corrected chi connectivity index (χ2v) is 5.36. The van der Waals surface area contributed by atoms with Crippen LogP contribution in [-0.2, 0) is 6.54 Å². The van der Waals surface area contributed by atoms with Gasteiger partial charge in [-0.1, -0.05) is 19.4 Å². The Labute approximate surface area is 116 Å². The molecule has 1 aromatic carbocycles. The molecule has 0 aliphatic carbocycles. The molecule has 1 fully saturated rings. The number of unbranched alkanes of at least 4 members (excludes halogenated alkanes) is 1. The number of nitrogens with zero attached hydrogens (tertiary/aromatic N) is 1. The third kappa shape index (κ3) is 4.20. The molecule has 1 aromatic rings. The van der Waals surface area contributed by atoms with Crippen molar-refractivity contribution in [1.82, 2.24) is 5.32 Å². The van der Waals surface area contributed by atoms with E-state index in [1.165, 1.54) is 37.7 Å². The zero-order chi connectivity index (χ0) is 13.5. The van der Waals surface area contributed by atoms with Gasteiger partial charge in [-0.05, 0) is 49.9 Å². The molecular formula is C16H25FN2. The lowest BCUT2D eigenvalue weighted by Crippen LogP contribution is -2.30. The lowest BCUT2D eigenvalue weighted by molar-refractivity contribution is 0.556. The standard InChI is InChI=1S/C16H25FN2/c1-2-3-9-18-13-14-7-8-15(17)16(12-14)19-10-5-4-6-11-19/h7-8,12,18H,2-6,9-11,13H2,1H3. The number of nitrogens with one attached hydrogen (secondary N) is 1. The number of hydrogen-bond donors (Lipinski definition) is 1. The highest BCUT2D eigenvalue weighted by molar-refractivity contribution is 5.50. The number of rotatable bonds is 6. The van der Waals surface area contributed by atoms with Gasteiger partial charge in [-0.25, -0.2) is 4.39 Å². The summed E-state index contributed by atoms with van der Waals surface area (Å²) in [5.41, 5.74) is 1.97. The summed E-state index contributed by atoms with van der Waals surface area (Å²) in [6.07, 6.45) is 6.03. The molecule has 0 unspecified atom stereocenters. The Morgan fingerprint density at radius 3 is 2.74 bits per heavy atom. The number of hydrogen-bond acceptors (Lipinski definition) is 2. The predicted octanol–water partition coefficient (Wildman–Crippen LogP) is 3.71. The van der Waals surface area contributed by atoms with Crippen LogP contribution in [0, 0.1) is 5.82 Å². The summed E-state index contributed by atoms with van der Waals surface area (Å²) in [6, 6.07) is 5.52. The van der Waals surface area contributed by atoms with Crippen molar-refractivity contribution in [3.05, 3.63) is 29.6 Å². The fourth-order valence-electron chi connectivity index (χ4n) is 2.58. The highest BCUT2D eigenvalue weighted by atomic mass is 19.1. The van der Waals surface area contributed by atoms with E-state index < -0.39 is 0 Å². The first-order chi connectivity index (χ1) is 9.31. The fraction of sp³-hybridized carbons (Fsp3) is 0.625. The van der Waals surface area contributed by atoms with Gasteiger partial charge < -0.3 is 10.2 Å². The highest BCUT2D eigenvalue weighted by Crippen LogP contribution is 2.24. The number of halogens is 1. The van der Waals surface area contributed by atoms with E-state index >= 15 is 0 Å². The summed E-state index contributed by atoms with van der Waals surface area (Å²) in [5.74, 6) is -0.0841. The maximum atomic E-state index is 13.9. The molecule has 2 rings (SSSR count). The van der Waals surface area contributed by atoms with E-state index in [4.69, 9.17) is 0 Å². The van der Waals surface area contributed by atoms with Gasteiger partial charge in [-0.3, -0.25) is 0 Å². The van der Waals surface area contributed by atoms with E-state index in [2.05, 4.69) is 17.1 Å². The first-order valence-electron chi connectivity index (χ1n) is 7.55. The monoisotopic (exact) mass is 264 g/mol. The van der Waals surface area contributed by atoms with Crippen LogP contribution in [0.15, 0.2) is 18.2 Å². The van der Waals surface area contributed by atoms with Crippen LogP contribution in [-0.4, -0.2) is 19.6 Å². The first kappa shape index (κ1) is 14.3. The minimum Gasteiger partial charge on any atom is -0.369 e. The van der Waals surface area contributed by atoms with Crippen LogP contribution >= 0.6 is 0 Å². The van der Waals surface area contributed by atoms with E-state index in [1.54, 1.807) is 6.07 Å². The minimum atomic E-state index is -0.0841. The van der Waals surface area contributed by atoms with Gasteiger partial charge in [0.05, 0.1) is 5.69 Å². The second-order valence-electron chi connectivity index (χ2n) is 5.36. The molecule has 1 saturated heterocycles. The maximum absolute atomic E-state index is 13.9. The Morgan fingerprint density at radius 1 is 1.21 bits per heavy atom. The SMILES string of the molecule is CCCCNCc1ccc(F)c(N2CCCCC2)c1. The zero-order valence-corrected chi connectivity index (χ0v) is 11.9. The van der Waals surface area contributed by atoms with E-state index in [0.29, 0.717) is 0 Å². The molecule has 0 aromatic heterocycles. The van der Waals surface area contributed by atoms with Crippen molar-refractivity contribution in [2.45, 2.75) is 45.6 Å². The topological polar surface area (TPSA) is 15.3 Å². The largest absolute Gasteiger partial charge is 0.369 e. The highest BCUT2D eigenvalue weighted by Gasteiger charge is 2.15. The van der Waals surface area contributed by atoms with Crippen LogP contribution in [0.2, 0.25) is 0 Å². The molecule has 3 heteroatoms. The number of anilines is 1. The Bertz CT molecular complexity index is 386. The zero-order valence-electron chi connectivity index (χ0n) is 11.9. The van der Waals surface area contributed by atoms with Gasteiger partial charge in [0.2, 0.25) is 0 Å². The van der Waals surface area contributed by atoms with Crippen LogP contribution < -0.4 is 10.2 Å². The van der Waals surface area contributed by atoms with Crippen molar-refractivity contribution in [2.24, 2.45) is 0 Å². The molecule has 1 aliphatic rings.